The molecule has 2 fully saturated rings. The van der Waals surface area contributed by atoms with Crippen LogP contribution in [-0.2, 0) is 9.53 Å². The fraction of sp³-hybridized carbons (Fsp3) is 0.923. The average Bonchev–Trinajstić information content (AvgIpc) is 3.05. The third-order valence-electron chi connectivity index (χ3n) is 4.12. The Bertz CT molecular complexity index is 293. The molecule has 0 radical (unpaired) electrons. The van der Waals surface area contributed by atoms with Crippen molar-refractivity contribution < 1.29 is 9.53 Å². The second-order valence-electron chi connectivity index (χ2n) is 5.38. The molecule has 1 amide bonds. The van der Waals surface area contributed by atoms with Crippen LogP contribution in [0.2, 0.25) is 0 Å². The number of alkyl halides is 1. The highest BCUT2D eigenvalue weighted by Gasteiger charge is 2.45. The number of nitrogens with zero attached hydrogens (tertiary/aromatic N) is 1. The summed E-state index contributed by atoms with van der Waals surface area (Å²) < 4.78 is 5.76. The molecule has 4 atom stereocenters. The molecule has 98 valence electrons. The van der Waals surface area contributed by atoms with E-state index in [4.69, 9.17) is 16.3 Å². The van der Waals surface area contributed by atoms with Crippen LogP contribution in [0.1, 0.15) is 33.6 Å². The highest BCUT2D eigenvalue weighted by molar-refractivity contribution is 6.18. The number of halogens is 1. The molecule has 2 aliphatic rings. The van der Waals surface area contributed by atoms with Crippen LogP contribution < -0.4 is 0 Å². The van der Waals surface area contributed by atoms with Crippen LogP contribution in [-0.4, -0.2) is 41.5 Å². The van der Waals surface area contributed by atoms with E-state index in [9.17, 15) is 4.79 Å². The molecule has 0 N–H and O–H groups in total. The lowest BCUT2D eigenvalue weighted by Crippen LogP contribution is -2.43. The van der Waals surface area contributed by atoms with Crippen LogP contribution in [0.25, 0.3) is 0 Å². The standard InChI is InChI=1S/C13H22ClNO2/c1-8-9(2)17-10(3)12(8)13(16)15(7-6-14)11-4-5-11/h8-12H,4-7H2,1-3H3. The quantitative estimate of drug-likeness (QED) is 0.725. The Kier molecular flexibility index (Phi) is 3.99. The molecule has 3 nitrogen and oxygen atoms in total. The van der Waals surface area contributed by atoms with Crippen molar-refractivity contribution in [2.75, 3.05) is 12.4 Å². The average molecular weight is 260 g/mol. The Morgan fingerprint density at radius 1 is 1.29 bits per heavy atom. The van der Waals surface area contributed by atoms with Gasteiger partial charge in [-0.25, -0.2) is 0 Å². The Morgan fingerprint density at radius 3 is 2.35 bits per heavy atom. The molecule has 1 aliphatic heterocycles. The summed E-state index contributed by atoms with van der Waals surface area (Å²) in [7, 11) is 0. The van der Waals surface area contributed by atoms with Gasteiger partial charge < -0.3 is 9.64 Å². The summed E-state index contributed by atoms with van der Waals surface area (Å²) in [5.74, 6) is 1.08. The maximum Gasteiger partial charge on any atom is 0.228 e. The summed E-state index contributed by atoms with van der Waals surface area (Å²) in [5.41, 5.74) is 0. The summed E-state index contributed by atoms with van der Waals surface area (Å²) in [6, 6.07) is 0.441. The van der Waals surface area contributed by atoms with Gasteiger partial charge in [-0.05, 0) is 32.6 Å². The summed E-state index contributed by atoms with van der Waals surface area (Å²) in [6.07, 6.45) is 2.48. The molecule has 1 aliphatic carbocycles. The number of amides is 1. The number of hydrogen-bond donors (Lipinski definition) is 0. The molecule has 4 unspecified atom stereocenters. The molecule has 2 rings (SSSR count). The van der Waals surface area contributed by atoms with E-state index < -0.39 is 0 Å². The normalized spacial score (nSPS) is 37.2. The molecular formula is C13H22ClNO2. The molecule has 0 bridgehead atoms. The lowest BCUT2D eigenvalue weighted by Gasteiger charge is -2.28. The first kappa shape index (κ1) is 13.2. The van der Waals surface area contributed by atoms with Gasteiger partial charge in [-0.1, -0.05) is 6.92 Å². The number of carbonyl (C=O) groups is 1. The summed E-state index contributed by atoms with van der Waals surface area (Å²) in [4.78, 5) is 14.5. The van der Waals surface area contributed by atoms with Crippen LogP contribution in [0.5, 0.6) is 0 Å². The molecule has 0 spiro atoms. The van der Waals surface area contributed by atoms with Gasteiger partial charge in [0.2, 0.25) is 5.91 Å². The SMILES string of the molecule is CC1OC(C)C(C(=O)N(CCCl)C2CC2)C1C. The molecule has 4 heteroatoms. The van der Waals surface area contributed by atoms with Crippen LogP contribution in [0.3, 0.4) is 0 Å². The van der Waals surface area contributed by atoms with Crippen LogP contribution in [0.4, 0.5) is 0 Å². The van der Waals surface area contributed by atoms with Crippen LogP contribution in [0, 0.1) is 11.8 Å². The Labute approximate surface area is 108 Å². The predicted molar refractivity (Wildman–Crippen MR) is 68.1 cm³/mol. The Hall–Kier alpha value is -0.280. The molecule has 0 aromatic rings. The number of carbonyl (C=O) groups excluding carboxylic acids is 1. The summed E-state index contributed by atoms with van der Waals surface area (Å²) >= 11 is 5.80. The highest BCUT2D eigenvalue weighted by atomic mass is 35.5. The van der Waals surface area contributed by atoms with Crippen molar-refractivity contribution in [3.63, 3.8) is 0 Å². The minimum Gasteiger partial charge on any atom is -0.374 e. The van der Waals surface area contributed by atoms with Gasteiger partial charge in [0.15, 0.2) is 0 Å². The van der Waals surface area contributed by atoms with E-state index in [1.165, 1.54) is 0 Å². The van der Waals surface area contributed by atoms with E-state index in [2.05, 4.69) is 13.8 Å². The van der Waals surface area contributed by atoms with Gasteiger partial charge in [0.05, 0.1) is 18.1 Å². The van der Waals surface area contributed by atoms with E-state index in [1.54, 1.807) is 0 Å². The van der Waals surface area contributed by atoms with E-state index in [0.29, 0.717) is 24.4 Å². The number of hydrogen-bond acceptors (Lipinski definition) is 2. The fourth-order valence-electron chi connectivity index (χ4n) is 2.83. The summed E-state index contributed by atoms with van der Waals surface area (Å²) in [6.45, 7) is 6.85. The molecule has 1 saturated heterocycles. The monoisotopic (exact) mass is 259 g/mol. The first-order chi connectivity index (χ1) is 8.06. The van der Waals surface area contributed by atoms with Crippen LogP contribution in [0.15, 0.2) is 0 Å². The first-order valence-corrected chi connectivity index (χ1v) is 7.11. The van der Waals surface area contributed by atoms with E-state index in [1.807, 2.05) is 11.8 Å². The smallest absolute Gasteiger partial charge is 0.228 e. The van der Waals surface area contributed by atoms with Crippen molar-refractivity contribution in [1.82, 2.24) is 4.90 Å². The van der Waals surface area contributed by atoms with Crippen molar-refractivity contribution in [2.45, 2.75) is 51.9 Å². The van der Waals surface area contributed by atoms with Gasteiger partial charge in [0, 0.05) is 18.5 Å². The number of rotatable bonds is 4. The minimum absolute atomic E-state index is 0.00816. The topological polar surface area (TPSA) is 29.5 Å². The zero-order valence-electron chi connectivity index (χ0n) is 10.9. The Balaban J connectivity index is 2.06. The van der Waals surface area contributed by atoms with Crippen molar-refractivity contribution in [2.24, 2.45) is 11.8 Å². The predicted octanol–water partition coefficient (Wildman–Crippen LogP) is 2.28. The third-order valence-corrected chi connectivity index (χ3v) is 4.29. The maximum absolute atomic E-state index is 12.6. The van der Waals surface area contributed by atoms with Crippen molar-refractivity contribution in [3.8, 4) is 0 Å². The lowest BCUT2D eigenvalue weighted by atomic mass is 9.88. The van der Waals surface area contributed by atoms with Gasteiger partial charge >= 0.3 is 0 Å². The second kappa shape index (κ2) is 5.15. The fourth-order valence-corrected chi connectivity index (χ4v) is 3.02. The third kappa shape index (κ3) is 2.60. The molecule has 1 heterocycles. The molecule has 1 saturated carbocycles. The van der Waals surface area contributed by atoms with Gasteiger partial charge in [-0.3, -0.25) is 4.79 Å². The maximum atomic E-state index is 12.6. The number of ether oxygens (including phenoxy) is 1. The zero-order valence-corrected chi connectivity index (χ0v) is 11.6. The lowest BCUT2D eigenvalue weighted by molar-refractivity contribution is -0.138. The van der Waals surface area contributed by atoms with Crippen molar-refractivity contribution in [1.29, 1.82) is 0 Å². The van der Waals surface area contributed by atoms with Gasteiger partial charge in [-0.2, -0.15) is 0 Å². The van der Waals surface area contributed by atoms with Gasteiger partial charge in [0.1, 0.15) is 0 Å². The highest BCUT2D eigenvalue weighted by Crippen LogP contribution is 2.36. The second-order valence-corrected chi connectivity index (χ2v) is 5.76. The summed E-state index contributed by atoms with van der Waals surface area (Å²) in [5, 5.41) is 0. The molecular weight excluding hydrogens is 238 g/mol. The Morgan fingerprint density at radius 2 is 1.94 bits per heavy atom. The molecule has 0 aromatic carbocycles. The van der Waals surface area contributed by atoms with Crippen LogP contribution >= 0.6 is 11.6 Å². The van der Waals surface area contributed by atoms with E-state index >= 15 is 0 Å². The minimum atomic E-state index is 0.00816. The van der Waals surface area contributed by atoms with Gasteiger partial charge in [0.25, 0.3) is 0 Å². The first-order valence-electron chi connectivity index (χ1n) is 6.58. The van der Waals surface area contributed by atoms with E-state index in [-0.39, 0.29) is 24.0 Å². The van der Waals surface area contributed by atoms with E-state index in [0.717, 1.165) is 12.8 Å². The van der Waals surface area contributed by atoms with Crippen molar-refractivity contribution in [3.05, 3.63) is 0 Å². The zero-order chi connectivity index (χ0) is 12.6. The largest absolute Gasteiger partial charge is 0.374 e. The van der Waals surface area contributed by atoms with Crippen molar-refractivity contribution >= 4 is 17.5 Å². The van der Waals surface area contributed by atoms with Gasteiger partial charge in [-0.15, -0.1) is 11.6 Å². The molecule has 0 aromatic heterocycles. The molecule has 17 heavy (non-hydrogen) atoms.